The van der Waals surface area contributed by atoms with Crippen LogP contribution in [0.15, 0.2) is 42.5 Å². The average Bonchev–Trinajstić information content (AvgIpc) is 3.16. The van der Waals surface area contributed by atoms with E-state index >= 15 is 0 Å². The van der Waals surface area contributed by atoms with Gasteiger partial charge in [0, 0.05) is 11.1 Å². The Bertz CT molecular complexity index is 1050. The van der Waals surface area contributed by atoms with E-state index < -0.39 is 11.9 Å². The van der Waals surface area contributed by atoms with Gasteiger partial charge in [0.2, 0.25) is 5.82 Å². The molecule has 1 aliphatic rings. The molecule has 136 valence electrons. The maximum Gasteiger partial charge on any atom is 0.262 e. The number of benzene rings is 2. The van der Waals surface area contributed by atoms with E-state index in [-0.39, 0.29) is 24.1 Å². The van der Waals surface area contributed by atoms with Gasteiger partial charge in [0.25, 0.3) is 5.91 Å². The Balaban J connectivity index is 1.58. The third-order valence-electron chi connectivity index (χ3n) is 4.13. The molecule has 9 heteroatoms. The molecule has 1 N–H and O–H groups in total. The fraction of sp³-hybridized carbons (Fsp3) is 0.167. The van der Waals surface area contributed by atoms with Crippen molar-refractivity contribution in [2.45, 2.75) is 13.0 Å². The molecule has 2 aromatic carbocycles. The second-order valence-corrected chi connectivity index (χ2v) is 6.03. The summed E-state index contributed by atoms with van der Waals surface area (Å²) in [4.78, 5) is 25.4. The number of Topliss-reactive ketones (excluding diaryl/α,β-unsaturated/α-hetero) is 1. The van der Waals surface area contributed by atoms with Gasteiger partial charge < -0.3 is 10.1 Å². The highest BCUT2D eigenvalue weighted by Crippen LogP contribution is 2.29. The van der Waals surface area contributed by atoms with Gasteiger partial charge in [-0.15, -0.1) is 10.2 Å². The SMILES string of the molecule is C[C@H](C(=O)c1ccc2c(c1)NC(=O)CO2)n1nnc(-c2cccc(F)c2)n1. The monoisotopic (exact) mass is 367 g/mol. The number of aromatic nitrogens is 4. The van der Waals surface area contributed by atoms with Gasteiger partial charge in [-0.1, -0.05) is 12.1 Å². The lowest BCUT2D eigenvalue weighted by Gasteiger charge is -2.18. The predicted octanol–water partition coefficient (Wildman–Crippen LogP) is 2.25. The number of hydrogen-bond acceptors (Lipinski definition) is 6. The van der Waals surface area contributed by atoms with E-state index in [0.717, 1.165) is 0 Å². The van der Waals surface area contributed by atoms with Gasteiger partial charge in [-0.25, -0.2) is 4.39 Å². The minimum absolute atomic E-state index is 0.0531. The highest BCUT2D eigenvalue weighted by molar-refractivity contribution is 6.02. The summed E-state index contributed by atoms with van der Waals surface area (Å²) in [5.74, 6) is -0.226. The van der Waals surface area contributed by atoms with Crippen LogP contribution >= 0.6 is 0 Å². The molecule has 0 saturated carbocycles. The van der Waals surface area contributed by atoms with Gasteiger partial charge in [-0.2, -0.15) is 4.80 Å². The normalized spacial score (nSPS) is 14.1. The van der Waals surface area contributed by atoms with Crippen molar-refractivity contribution in [1.29, 1.82) is 0 Å². The van der Waals surface area contributed by atoms with Crippen molar-refractivity contribution >= 4 is 17.4 Å². The van der Waals surface area contributed by atoms with Crippen molar-refractivity contribution in [3.8, 4) is 17.1 Å². The third kappa shape index (κ3) is 3.26. The number of rotatable bonds is 4. The first-order valence-electron chi connectivity index (χ1n) is 8.17. The number of nitrogens with zero attached hydrogens (tertiary/aromatic N) is 4. The van der Waals surface area contributed by atoms with Crippen molar-refractivity contribution in [2.75, 3.05) is 11.9 Å². The molecule has 1 aromatic heterocycles. The summed E-state index contributed by atoms with van der Waals surface area (Å²) in [6.45, 7) is 1.58. The molecule has 4 rings (SSSR count). The number of tetrazole rings is 1. The lowest BCUT2D eigenvalue weighted by molar-refractivity contribution is -0.118. The fourth-order valence-corrected chi connectivity index (χ4v) is 2.71. The van der Waals surface area contributed by atoms with Gasteiger partial charge in [-0.3, -0.25) is 9.59 Å². The number of amides is 1. The van der Waals surface area contributed by atoms with Crippen LogP contribution in [0.1, 0.15) is 23.3 Å². The molecule has 0 unspecified atom stereocenters. The number of halogens is 1. The van der Waals surface area contributed by atoms with Crippen molar-refractivity contribution in [1.82, 2.24) is 20.2 Å². The van der Waals surface area contributed by atoms with Crippen LogP contribution in [0.3, 0.4) is 0 Å². The highest BCUT2D eigenvalue weighted by Gasteiger charge is 2.23. The van der Waals surface area contributed by atoms with Crippen LogP contribution in [0.2, 0.25) is 0 Å². The number of carbonyl (C=O) groups excluding carboxylic acids is 2. The number of hydrogen-bond donors (Lipinski definition) is 1. The minimum atomic E-state index is -0.738. The standard InChI is InChI=1S/C18H14FN5O3/c1-10(24-22-18(21-23-24)12-3-2-4-13(19)7-12)17(26)11-5-6-15-14(8-11)20-16(25)9-27-15/h2-8,10H,9H2,1H3,(H,20,25)/t10-/m1/s1. The largest absolute Gasteiger partial charge is 0.482 e. The number of nitrogens with one attached hydrogen (secondary N) is 1. The van der Waals surface area contributed by atoms with Crippen LogP contribution in [-0.4, -0.2) is 38.5 Å². The van der Waals surface area contributed by atoms with Gasteiger partial charge in [0.05, 0.1) is 5.69 Å². The molecule has 0 saturated heterocycles. The minimum Gasteiger partial charge on any atom is -0.482 e. The summed E-state index contributed by atoms with van der Waals surface area (Å²) >= 11 is 0. The zero-order valence-electron chi connectivity index (χ0n) is 14.2. The summed E-state index contributed by atoms with van der Waals surface area (Å²) in [6, 6.07) is 9.86. The predicted molar refractivity (Wildman–Crippen MR) is 92.8 cm³/mol. The Morgan fingerprint density at radius 1 is 1.30 bits per heavy atom. The fourth-order valence-electron chi connectivity index (χ4n) is 2.71. The Morgan fingerprint density at radius 2 is 2.15 bits per heavy atom. The molecule has 0 radical (unpaired) electrons. The lowest BCUT2D eigenvalue weighted by Crippen LogP contribution is -2.26. The molecule has 1 atom stereocenters. The topological polar surface area (TPSA) is 99.0 Å². The second-order valence-electron chi connectivity index (χ2n) is 6.03. The Morgan fingerprint density at radius 3 is 2.96 bits per heavy atom. The molecule has 0 aliphatic carbocycles. The molecule has 8 nitrogen and oxygen atoms in total. The zero-order chi connectivity index (χ0) is 19.0. The molecule has 0 fully saturated rings. The Kier molecular flexibility index (Phi) is 4.11. The van der Waals surface area contributed by atoms with Gasteiger partial charge >= 0.3 is 0 Å². The average molecular weight is 367 g/mol. The molecule has 1 amide bonds. The van der Waals surface area contributed by atoms with E-state index in [1.54, 1.807) is 37.3 Å². The first-order chi connectivity index (χ1) is 13.0. The summed E-state index contributed by atoms with van der Waals surface area (Å²) < 4.78 is 18.6. The first-order valence-corrected chi connectivity index (χ1v) is 8.17. The smallest absolute Gasteiger partial charge is 0.262 e. The summed E-state index contributed by atoms with van der Waals surface area (Å²) in [6.07, 6.45) is 0. The van der Waals surface area contributed by atoms with E-state index in [1.165, 1.54) is 16.9 Å². The Labute approximate surface area is 152 Å². The van der Waals surface area contributed by atoms with E-state index in [4.69, 9.17) is 4.74 Å². The highest BCUT2D eigenvalue weighted by atomic mass is 19.1. The molecule has 1 aliphatic heterocycles. The van der Waals surface area contributed by atoms with Gasteiger partial charge in [0.15, 0.2) is 12.4 Å². The van der Waals surface area contributed by atoms with E-state index in [9.17, 15) is 14.0 Å². The lowest BCUT2D eigenvalue weighted by atomic mass is 10.0. The van der Waals surface area contributed by atoms with Gasteiger partial charge in [-0.05, 0) is 42.5 Å². The summed E-state index contributed by atoms with van der Waals surface area (Å²) in [5, 5.41) is 14.6. The number of fused-ring (bicyclic) bond motifs is 1. The molecule has 2 heterocycles. The molecule has 0 bridgehead atoms. The van der Waals surface area contributed by atoms with Crippen molar-refractivity contribution in [3.63, 3.8) is 0 Å². The van der Waals surface area contributed by atoms with Crippen LogP contribution in [0.25, 0.3) is 11.4 Å². The molecular weight excluding hydrogens is 353 g/mol. The third-order valence-corrected chi connectivity index (χ3v) is 4.13. The van der Waals surface area contributed by atoms with Crippen LogP contribution in [0, 0.1) is 5.82 Å². The van der Waals surface area contributed by atoms with E-state index in [1.807, 2.05) is 0 Å². The first kappa shape index (κ1) is 16.8. The van der Waals surface area contributed by atoms with Gasteiger partial charge in [0.1, 0.15) is 17.6 Å². The van der Waals surface area contributed by atoms with Crippen LogP contribution < -0.4 is 10.1 Å². The number of ether oxygens (including phenoxy) is 1. The summed E-state index contributed by atoms with van der Waals surface area (Å²) in [5.41, 5.74) is 1.28. The molecule has 0 spiro atoms. The van der Waals surface area contributed by atoms with Crippen molar-refractivity contribution < 1.29 is 18.7 Å². The van der Waals surface area contributed by atoms with E-state index in [2.05, 4.69) is 20.7 Å². The molecular formula is C18H14FN5O3. The number of anilines is 1. The van der Waals surface area contributed by atoms with Crippen LogP contribution in [-0.2, 0) is 4.79 Å². The maximum absolute atomic E-state index is 13.4. The summed E-state index contributed by atoms with van der Waals surface area (Å²) in [7, 11) is 0. The number of ketones is 1. The van der Waals surface area contributed by atoms with Crippen molar-refractivity contribution in [2.24, 2.45) is 0 Å². The van der Waals surface area contributed by atoms with Crippen molar-refractivity contribution in [3.05, 3.63) is 53.8 Å². The second kappa shape index (κ2) is 6.60. The van der Waals surface area contributed by atoms with E-state index in [0.29, 0.717) is 22.6 Å². The molecule has 27 heavy (non-hydrogen) atoms. The van der Waals surface area contributed by atoms with Crippen LogP contribution in [0.5, 0.6) is 5.75 Å². The number of carbonyl (C=O) groups is 2. The quantitative estimate of drug-likeness (QED) is 0.710. The molecule has 3 aromatic rings. The maximum atomic E-state index is 13.4. The Hall–Kier alpha value is -3.62. The zero-order valence-corrected chi connectivity index (χ0v) is 14.2. The van der Waals surface area contributed by atoms with Crippen LogP contribution in [0.4, 0.5) is 10.1 Å².